The van der Waals surface area contributed by atoms with Gasteiger partial charge in [0.05, 0.1) is 28.6 Å². The lowest BCUT2D eigenvalue weighted by atomic mass is 9.86. The molecular formula is C22H24ClN2O4S+. The summed E-state index contributed by atoms with van der Waals surface area (Å²) in [6, 6.07) is 12.8. The van der Waals surface area contributed by atoms with Crippen LogP contribution in [0, 0.1) is 0 Å². The predicted molar refractivity (Wildman–Crippen MR) is 118 cm³/mol. The topological polar surface area (TPSA) is 67.6 Å². The normalized spacial score (nSPS) is 14.8. The number of benzene rings is 2. The largest absolute Gasteiger partial charge is 0.494 e. The summed E-state index contributed by atoms with van der Waals surface area (Å²) >= 11 is 6.95. The first-order valence-electron chi connectivity index (χ1n) is 9.59. The number of hydrogen-bond donors (Lipinski definition) is 1. The minimum absolute atomic E-state index is 0.00922. The fourth-order valence-corrected chi connectivity index (χ4v) is 3.61. The van der Waals surface area contributed by atoms with E-state index < -0.39 is 5.41 Å². The number of amides is 2. The van der Waals surface area contributed by atoms with E-state index in [1.165, 1.54) is 11.7 Å². The number of carbonyl (C=O) groups is 2. The fraction of sp³-hybridized carbons (Fsp3) is 0.318. The molecule has 0 bridgehead atoms. The Labute approximate surface area is 185 Å². The zero-order chi connectivity index (χ0) is 21.7. The molecule has 0 spiro atoms. The van der Waals surface area contributed by atoms with Crippen LogP contribution in [-0.4, -0.2) is 29.4 Å². The zero-order valence-corrected chi connectivity index (χ0v) is 18.7. The van der Waals surface area contributed by atoms with E-state index in [-0.39, 0.29) is 11.8 Å². The lowest BCUT2D eigenvalue weighted by Gasteiger charge is -2.16. The molecule has 8 heteroatoms. The molecule has 0 aliphatic carbocycles. The number of nitrogens with zero attached hydrogens (tertiary/aromatic N) is 1. The van der Waals surface area contributed by atoms with Gasteiger partial charge in [-0.2, -0.15) is 4.28 Å². The lowest BCUT2D eigenvalue weighted by Crippen LogP contribution is -2.26. The summed E-state index contributed by atoms with van der Waals surface area (Å²) in [4.78, 5) is 24.6. The maximum Gasteiger partial charge on any atom is 0.432 e. The van der Waals surface area contributed by atoms with E-state index in [0.29, 0.717) is 24.5 Å². The number of halogens is 1. The molecule has 2 aromatic carbocycles. The molecule has 0 aromatic heterocycles. The van der Waals surface area contributed by atoms with Crippen molar-refractivity contribution in [3.8, 4) is 5.75 Å². The van der Waals surface area contributed by atoms with E-state index in [0.717, 1.165) is 33.9 Å². The van der Waals surface area contributed by atoms with Crippen LogP contribution in [0.3, 0.4) is 0 Å². The third kappa shape index (κ3) is 5.34. The van der Waals surface area contributed by atoms with Gasteiger partial charge in [-0.3, -0.25) is 4.79 Å². The number of nitrogens with one attached hydrogen (secondary N) is 1. The van der Waals surface area contributed by atoms with Gasteiger partial charge >= 0.3 is 5.91 Å². The summed E-state index contributed by atoms with van der Waals surface area (Å²) in [7, 11) is 0. The van der Waals surface area contributed by atoms with Gasteiger partial charge in [0.25, 0.3) is 0 Å². The van der Waals surface area contributed by atoms with Crippen molar-refractivity contribution in [2.75, 3.05) is 11.9 Å². The molecule has 0 fully saturated rings. The Morgan fingerprint density at radius 1 is 1.23 bits per heavy atom. The van der Waals surface area contributed by atoms with E-state index in [2.05, 4.69) is 5.32 Å². The maximum atomic E-state index is 12.0. The molecule has 0 saturated carbocycles. The number of hydroxylamine groups is 1. The average Bonchev–Trinajstić information content (AvgIpc) is 2.93. The third-order valence-electron chi connectivity index (χ3n) is 4.73. The monoisotopic (exact) mass is 447 g/mol. The lowest BCUT2D eigenvalue weighted by molar-refractivity contribution is -0.666. The number of rotatable bonds is 8. The zero-order valence-electron chi connectivity index (χ0n) is 17.1. The molecule has 158 valence electrons. The van der Waals surface area contributed by atoms with Crippen LogP contribution in [-0.2, 0) is 19.3 Å². The van der Waals surface area contributed by atoms with Crippen LogP contribution < -0.4 is 10.1 Å². The molecular weight excluding hydrogens is 424 g/mol. The molecule has 0 unspecified atom stereocenters. The molecule has 0 saturated heterocycles. The number of ether oxygens (including phenoxy) is 1. The average molecular weight is 448 g/mol. The molecule has 6 nitrogen and oxygen atoms in total. The standard InChI is InChI=1S/C22H23ClN2O4S/c1-15(26)25(29-30-18-9-6-16(23)7-10-18)12-4-5-13-28-17-8-11-20-19(14-17)22(2,3)21(27)24-20/h6-12,14H,4-5,13H2,1-3H3/p+1. The van der Waals surface area contributed by atoms with Crippen molar-refractivity contribution >= 4 is 47.4 Å². The van der Waals surface area contributed by atoms with Gasteiger partial charge in [0, 0.05) is 17.1 Å². The van der Waals surface area contributed by atoms with Gasteiger partial charge < -0.3 is 10.1 Å². The van der Waals surface area contributed by atoms with Crippen molar-refractivity contribution in [2.45, 2.75) is 43.9 Å². The highest BCUT2D eigenvalue weighted by atomic mass is 35.5. The van der Waals surface area contributed by atoms with Crippen molar-refractivity contribution in [3.05, 3.63) is 53.1 Å². The summed E-state index contributed by atoms with van der Waals surface area (Å²) in [5.41, 5.74) is 1.20. The van der Waals surface area contributed by atoms with Crippen molar-refractivity contribution in [1.82, 2.24) is 0 Å². The summed E-state index contributed by atoms with van der Waals surface area (Å²) in [5.74, 6) is 0.497. The first-order chi connectivity index (χ1) is 14.3. The first kappa shape index (κ1) is 22.2. The van der Waals surface area contributed by atoms with Crippen LogP contribution in [0.4, 0.5) is 5.69 Å². The molecule has 1 heterocycles. The summed E-state index contributed by atoms with van der Waals surface area (Å²) in [6.45, 7) is 5.71. The minimum Gasteiger partial charge on any atom is -0.494 e. The van der Waals surface area contributed by atoms with Gasteiger partial charge in [-0.15, -0.1) is 0 Å². The molecule has 2 aromatic rings. The molecule has 1 aliphatic heterocycles. The smallest absolute Gasteiger partial charge is 0.432 e. The van der Waals surface area contributed by atoms with Crippen LogP contribution in [0.15, 0.2) is 47.4 Å². The van der Waals surface area contributed by atoms with E-state index >= 15 is 0 Å². The number of carbonyl (C=O) groups excluding carboxylic acids is 2. The van der Waals surface area contributed by atoms with Crippen LogP contribution >= 0.6 is 23.6 Å². The summed E-state index contributed by atoms with van der Waals surface area (Å²) in [5, 5.41) is 3.52. The second kappa shape index (κ2) is 9.53. The van der Waals surface area contributed by atoms with Crippen LogP contribution in [0.1, 0.15) is 39.2 Å². The van der Waals surface area contributed by atoms with Gasteiger partial charge in [0.2, 0.25) is 12.1 Å². The highest BCUT2D eigenvalue weighted by molar-refractivity contribution is 7.94. The third-order valence-corrected chi connectivity index (χ3v) is 5.68. The molecule has 1 aliphatic rings. The predicted octanol–water partition coefficient (Wildman–Crippen LogP) is 5.00. The molecule has 1 N–H and O–H groups in total. The maximum absolute atomic E-state index is 12.0. The van der Waals surface area contributed by atoms with E-state index in [4.69, 9.17) is 20.6 Å². The number of unbranched alkanes of at least 4 members (excludes halogenated alkanes) is 1. The summed E-state index contributed by atoms with van der Waals surface area (Å²) in [6.07, 6.45) is 3.01. The molecule has 30 heavy (non-hydrogen) atoms. The van der Waals surface area contributed by atoms with Crippen molar-refractivity contribution in [3.63, 3.8) is 0 Å². The van der Waals surface area contributed by atoms with Crippen LogP contribution in [0.25, 0.3) is 0 Å². The van der Waals surface area contributed by atoms with Crippen molar-refractivity contribution < 1.29 is 23.3 Å². The van der Waals surface area contributed by atoms with Gasteiger partial charge in [0.1, 0.15) is 5.75 Å². The molecule has 2 amide bonds. The van der Waals surface area contributed by atoms with E-state index in [9.17, 15) is 9.59 Å². The van der Waals surface area contributed by atoms with Crippen molar-refractivity contribution in [1.29, 1.82) is 0 Å². The van der Waals surface area contributed by atoms with Crippen LogP contribution in [0.2, 0.25) is 5.02 Å². The van der Waals surface area contributed by atoms with Crippen molar-refractivity contribution in [2.24, 2.45) is 0 Å². The Balaban J connectivity index is 1.49. The fourth-order valence-electron chi connectivity index (χ4n) is 2.91. The molecule has 3 rings (SSSR count). The Bertz CT molecular complexity index is 974. The highest BCUT2D eigenvalue weighted by Gasteiger charge is 2.38. The Hall–Kier alpha value is -2.51. The Morgan fingerprint density at radius 3 is 2.67 bits per heavy atom. The Morgan fingerprint density at radius 2 is 1.97 bits per heavy atom. The number of hydrogen-bond acceptors (Lipinski definition) is 5. The Kier molecular flexibility index (Phi) is 7.05. The van der Waals surface area contributed by atoms with Gasteiger partial charge in [-0.25, -0.2) is 4.79 Å². The van der Waals surface area contributed by atoms with Gasteiger partial charge in [0.15, 0.2) is 12.0 Å². The number of fused-ring (bicyclic) bond motifs is 1. The van der Waals surface area contributed by atoms with Gasteiger partial charge in [-0.05, 0) is 68.3 Å². The van der Waals surface area contributed by atoms with Crippen LogP contribution in [0.5, 0.6) is 5.75 Å². The second-order valence-electron chi connectivity index (χ2n) is 7.42. The van der Waals surface area contributed by atoms with E-state index in [1.54, 1.807) is 18.3 Å². The summed E-state index contributed by atoms with van der Waals surface area (Å²) < 4.78 is 12.5. The molecule has 0 radical (unpaired) electrons. The molecule has 0 atom stereocenters. The highest BCUT2D eigenvalue weighted by Crippen LogP contribution is 2.39. The second-order valence-corrected chi connectivity index (χ2v) is 8.64. The number of anilines is 1. The quantitative estimate of drug-likeness (QED) is 0.203. The SMILES string of the molecule is CC(=O)[N+](=CCCCOc1ccc2c(c1)C(C)(C)C(=O)N2)OSc1ccc(Cl)cc1. The minimum atomic E-state index is -0.566. The van der Waals surface area contributed by atoms with Gasteiger partial charge in [-0.1, -0.05) is 11.6 Å². The van der Waals surface area contributed by atoms with E-state index in [1.807, 2.05) is 44.2 Å². The first-order valence-corrected chi connectivity index (χ1v) is 10.7.